The zero-order valence-corrected chi connectivity index (χ0v) is 14.3. The van der Waals surface area contributed by atoms with Gasteiger partial charge in [0.25, 0.3) is 0 Å². The van der Waals surface area contributed by atoms with Gasteiger partial charge in [0.15, 0.2) is 23.2 Å². The van der Waals surface area contributed by atoms with Gasteiger partial charge in [-0.05, 0) is 0 Å². The standard InChI is InChI=1S/C12H19N6O7P/c13-9-6-10(16-4-15-9)18(11-8(21)7(20)5(3-19)25-11)12(17-6)14-1-2-26(22,23)24/h4-5,7-8,11,19-21H,1-3H2,(H,14,17)(H2,13,15,16)(H2,22,23,24)/t5-,7?,8?,11-/m1/s1. The highest BCUT2D eigenvalue weighted by atomic mass is 31.2. The van der Waals surface area contributed by atoms with Crippen LogP contribution in [0, 0.1) is 0 Å². The van der Waals surface area contributed by atoms with Crippen LogP contribution in [-0.4, -0.2) is 82.3 Å². The quantitative estimate of drug-likeness (QED) is 0.258. The summed E-state index contributed by atoms with van der Waals surface area (Å²) in [6.07, 6.45) is -4.19. The predicted molar refractivity (Wildman–Crippen MR) is 88.1 cm³/mol. The summed E-state index contributed by atoms with van der Waals surface area (Å²) in [6.45, 7) is -0.644. The zero-order valence-electron chi connectivity index (χ0n) is 13.4. The number of fused-ring (bicyclic) bond motifs is 1. The topological polar surface area (TPSA) is 209 Å². The van der Waals surface area contributed by atoms with Crippen molar-refractivity contribution in [2.75, 3.05) is 30.4 Å². The third kappa shape index (κ3) is 3.50. The van der Waals surface area contributed by atoms with E-state index in [-0.39, 0.29) is 29.5 Å². The molecule has 0 aromatic carbocycles. The molecular weight excluding hydrogens is 371 g/mol. The van der Waals surface area contributed by atoms with E-state index in [4.69, 9.17) is 20.3 Å². The molecule has 26 heavy (non-hydrogen) atoms. The maximum Gasteiger partial charge on any atom is 0.327 e. The molecule has 2 aromatic heterocycles. The molecule has 0 radical (unpaired) electrons. The van der Waals surface area contributed by atoms with Crippen LogP contribution >= 0.6 is 7.60 Å². The van der Waals surface area contributed by atoms with Crippen molar-refractivity contribution in [1.82, 2.24) is 19.5 Å². The molecule has 0 aliphatic carbocycles. The van der Waals surface area contributed by atoms with E-state index in [1.54, 1.807) is 0 Å². The Labute approximate surface area is 146 Å². The van der Waals surface area contributed by atoms with E-state index in [1.807, 2.05) is 0 Å². The number of aromatic nitrogens is 4. The lowest BCUT2D eigenvalue weighted by Gasteiger charge is -2.19. The van der Waals surface area contributed by atoms with Crippen molar-refractivity contribution < 1.29 is 34.4 Å². The monoisotopic (exact) mass is 390 g/mol. The molecule has 144 valence electrons. The molecular formula is C12H19N6O7P. The van der Waals surface area contributed by atoms with Crippen LogP contribution < -0.4 is 11.1 Å². The van der Waals surface area contributed by atoms with E-state index in [0.29, 0.717) is 0 Å². The highest BCUT2D eigenvalue weighted by Gasteiger charge is 2.45. The molecule has 14 heteroatoms. The largest absolute Gasteiger partial charge is 0.394 e. The molecule has 8 N–H and O–H groups in total. The number of nitrogens with zero attached hydrogens (tertiary/aromatic N) is 4. The Bertz CT molecular complexity index is 841. The number of hydrogen-bond donors (Lipinski definition) is 7. The second-order valence-electron chi connectivity index (χ2n) is 5.78. The number of ether oxygens (including phenoxy) is 1. The number of imidazole rings is 1. The lowest BCUT2D eigenvalue weighted by molar-refractivity contribution is -0.0501. The van der Waals surface area contributed by atoms with E-state index in [1.165, 1.54) is 10.9 Å². The maximum atomic E-state index is 11.0. The molecule has 0 saturated carbocycles. The Morgan fingerprint density at radius 2 is 2.04 bits per heavy atom. The number of nitrogens with two attached hydrogens (primary N) is 1. The molecule has 1 fully saturated rings. The lowest BCUT2D eigenvalue weighted by atomic mass is 10.1. The number of aliphatic hydroxyl groups is 3. The van der Waals surface area contributed by atoms with Crippen LogP contribution in [-0.2, 0) is 9.30 Å². The van der Waals surface area contributed by atoms with Gasteiger partial charge >= 0.3 is 7.60 Å². The minimum absolute atomic E-state index is 0.0542. The minimum atomic E-state index is -4.23. The molecule has 4 atom stereocenters. The van der Waals surface area contributed by atoms with E-state index in [0.717, 1.165) is 0 Å². The van der Waals surface area contributed by atoms with Crippen molar-refractivity contribution in [3.05, 3.63) is 6.33 Å². The summed E-state index contributed by atoms with van der Waals surface area (Å²) in [5, 5.41) is 32.2. The highest BCUT2D eigenvalue weighted by molar-refractivity contribution is 7.51. The van der Waals surface area contributed by atoms with Crippen LogP contribution in [0.1, 0.15) is 6.23 Å². The van der Waals surface area contributed by atoms with Gasteiger partial charge in [0.2, 0.25) is 5.95 Å². The first-order chi connectivity index (χ1) is 12.2. The Morgan fingerprint density at radius 1 is 1.31 bits per heavy atom. The summed E-state index contributed by atoms with van der Waals surface area (Å²) in [5.74, 6) is 0.119. The molecule has 3 heterocycles. The first kappa shape index (κ1) is 18.9. The van der Waals surface area contributed by atoms with Crippen LogP contribution in [0.5, 0.6) is 0 Å². The molecule has 1 saturated heterocycles. The van der Waals surface area contributed by atoms with Crippen molar-refractivity contribution in [2.45, 2.75) is 24.5 Å². The molecule has 2 unspecified atom stereocenters. The highest BCUT2D eigenvalue weighted by Crippen LogP contribution is 2.36. The molecule has 2 aromatic rings. The van der Waals surface area contributed by atoms with Gasteiger partial charge in [-0.15, -0.1) is 0 Å². The summed E-state index contributed by atoms with van der Waals surface area (Å²) in [7, 11) is -4.23. The Kier molecular flexibility index (Phi) is 5.12. The summed E-state index contributed by atoms with van der Waals surface area (Å²) < 4.78 is 17.8. The fourth-order valence-electron chi connectivity index (χ4n) is 2.70. The third-order valence-corrected chi connectivity index (χ3v) is 4.77. The molecule has 1 aliphatic heterocycles. The fraction of sp³-hybridized carbons (Fsp3) is 0.583. The summed E-state index contributed by atoms with van der Waals surface area (Å²) in [5.41, 5.74) is 6.15. The number of aliphatic hydroxyl groups excluding tert-OH is 3. The van der Waals surface area contributed by atoms with Gasteiger partial charge < -0.3 is 40.9 Å². The average molecular weight is 390 g/mol. The smallest absolute Gasteiger partial charge is 0.327 e. The first-order valence-electron chi connectivity index (χ1n) is 7.62. The van der Waals surface area contributed by atoms with Crippen LogP contribution in [0.15, 0.2) is 6.33 Å². The average Bonchev–Trinajstić information content (AvgIpc) is 3.06. The van der Waals surface area contributed by atoms with Crippen LogP contribution in [0.25, 0.3) is 11.2 Å². The van der Waals surface area contributed by atoms with Crippen molar-refractivity contribution in [3.8, 4) is 0 Å². The van der Waals surface area contributed by atoms with Crippen molar-refractivity contribution in [1.29, 1.82) is 0 Å². The van der Waals surface area contributed by atoms with Gasteiger partial charge in [-0.1, -0.05) is 0 Å². The maximum absolute atomic E-state index is 11.0. The second kappa shape index (κ2) is 7.04. The number of anilines is 2. The SMILES string of the molecule is Nc1ncnc2c1nc(NCCP(=O)(O)O)n2[C@@H]1O[C@H](CO)C(O)C1O. The first-order valence-corrected chi connectivity index (χ1v) is 9.42. The van der Waals surface area contributed by atoms with E-state index >= 15 is 0 Å². The lowest BCUT2D eigenvalue weighted by Crippen LogP contribution is -2.33. The van der Waals surface area contributed by atoms with Crippen molar-refractivity contribution in [2.24, 2.45) is 0 Å². The zero-order chi connectivity index (χ0) is 19.1. The minimum Gasteiger partial charge on any atom is -0.394 e. The molecule has 13 nitrogen and oxygen atoms in total. The predicted octanol–water partition coefficient (Wildman–Crippen LogP) is -2.39. The van der Waals surface area contributed by atoms with Crippen molar-refractivity contribution >= 4 is 30.5 Å². The fourth-order valence-corrected chi connectivity index (χ4v) is 3.10. The van der Waals surface area contributed by atoms with Gasteiger partial charge in [-0.25, -0.2) is 15.0 Å². The van der Waals surface area contributed by atoms with E-state index < -0.39 is 44.9 Å². The molecule has 0 spiro atoms. The van der Waals surface area contributed by atoms with Gasteiger partial charge in [-0.2, -0.15) is 0 Å². The number of rotatable bonds is 6. The molecule has 0 bridgehead atoms. The summed E-state index contributed by atoms with van der Waals surface area (Å²) >= 11 is 0. The summed E-state index contributed by atoms with van der Waals surface area (Å²) in [6, 6.07) is 0. The summed E-state index contributed by atoms with van der Waals surface area (Å²) in [4.78, 5) is 30.0. The van der Waals surface area contributed by atoms with Crippen molar-refractivity contribution in [3.63, 3.8) is 0 Å². The van der Waals surface area contributed by atoms with E-state index in [9.17, 15) is 19.9 Å². The van der Waals surface area contributed by atoms with Gasteiger partial charge in [0, 0.05) is 6.54 Å². The number of nitrogen functional groups attached to an aromatic ring is 1. The molecule has 0 amide bonds. The number of nitrogens with one attached hydrogen (secondary N) is 1. The van der Waals surface area contributed by atoms with Gasteiger partial charge in [0.05, 0.1) is 12.8 Å². The second-order valence-corrected chi connectivity index (χ2v) is 7.56. The van der Waals surface area contributed by atoms with Gasteiger partial charge in [-0.3, -0.25) is 9.13 Å². The van der Waals surface area contributed by atoms with E-state index in [2.05, 4.69) is 20.3 Å². The molecule has 1 aliphatic rings. The normalized spacial score (nSPS) is 26.5. The third-order valence-electron chi connectivity index (χ3n) is 3.96. The van der Waals surface area contributed by atoms with Gasteiger partial charge in [0.1, 0.15) is 24.6 Å². The van der Waals surface area contributed by atoms with Crippen LogP contribution in [0.4, 0.5) is 11.8 Å². The molecule has 3 rings (SSSR count). The Balaban J connectivity index is 2.00. The Hall–Kier alpha value is -1.86. The van der Waals surface area contributed by atoms with Crippen LogP contribution in [0.2, 0.25) is 0 Å². The number of hydrogen-bond acceptors (Lipinski definition) is 10. The Morgan fingerprint density at radius 3 is 2.65 bits per heavy atom. The van der Waals surface area contributed by atoms with Crippen LogP contribution in [0.3, 0.4) is 0 Å².